The van der Waals surface area contributed by atoms with E-state index in [0.29, 0.717) is 12.6 Å². The highest BCUT2D eigenvalue weighted by Crippen LogP contribution is 2.29. The molecule has 1 aromatic carbocycles. The van der Waals surface area contributed by atoms with Crippen LogP contribution in [0.15, 0.2) is 24.3 Å². The molecule has 2 rings (SSSR count). The standard InChI is InChI=1S/C16H26N2/c1-12-5-4-6-15(8-12)16(9-17)18-10-13(2)7-14(3)11-18/h4-6,8,13-14,16H,7,9-11,17H2,1-3H3. The Labute approximate surface area is 111 Å². The van der Waals surface area contributed by atoms with Crippen LogP contribution in [-0.2, 0) is 0 Å². The maximum absolute atomic E-state index is 6.03. The van der Waals surface area contributed by atoms with Crippen LogP contribution in [0.25, 0.3) is 0 Å². The van der Waals surface area contributed by atoms with Gasteiger partial charge in [0, 0.05) is 25.7 Å². The lowest BCUT2D eigenvalue weighted by Crippen LogP contribution is -2.43. The van der Waals surface area contributed by atoms with Crippen LogP contribution in [0.2, 0.25) is 0 Å². The molecule has 18 heavy (non-hydrogen) atoms. The average molecular weight is 246 g/mol. The van der Waals surface area contributed by atoms with Crippen LogP contribution in [0, 0.1) is 18.8 Å². The Morgan fingerprint density at radius 1 is 1.28 bits per heavy atom. The van der Waals surface area contributed by atoms with E-state index in [9.17, 15) is 0 Å². The predicted octanol–water partition coefficient (Wildman–Crippen LogP) is 2.97. The van der Waals surface area contributed by atoms with Crippen LogP contribution in [0.5, 0.6) is 0 Å². The zero-order chi connectivity index (χ0) is 13.1. The molecule has 0 bridgehead atoms. The zero-order valence-corrected chi connectivity index (χ0v) is 11.9. The fourth-order valence-electron chi connectivity index (χ4n) is 3.34. The Kier molecular flexibility index (Phi) is 4.41. The van der Waals surface area contributed by atoms with Crippen molar-refractivity contribution >= 4 is 0 Å². The maximum Gasteiger partial charge on any atom is 0.0470 e. The third-order valence-corrected chi connectivity index (χ3v) is 3.99. The Bertz CT molecular complexity index is 378. The first-order valence-electron chi connectivity index (χ1n) is 7.10. The van der Waals surface area contributed by atoms with Crippen molar-refractivity contribution in [3.63, 3.8) is 0 Å². The van der Waals surface area contributed by atoms with E-state index < -0.39 is 0 Å². The third-order valence-electron chi connectivity index (χ3n) is 3.99. The molecule has 2 nitrogen and oxygen atoms in total. The third kappa shape index (κ3) is 3.12. The lowest BCUT2D eigenvalue weighted by Gasteiger charge is -2.40. The second-order valence-electron chi connectivity index (χ2n) is 6.07. The van der Waals surface area contributed by atoms with Gasteiger partial charge in [-0.15, -0.1) is 0 Å². The minimum Gasteiger partial charge on any atom is -0.329 e. The molecular formula is C16H26N2. The van der Waals surface area contributed by atoms with Gasteiger partial charge in [-0.1, -0.05) is 43.7 Å². The van der Waals surface area contributed by atoms with Crippen molar-refractivity contribution in [3.05, 3.63) is 35.4 Å². The van der Waals surface area contributed by atoms with Crippen molar-refractivity contribution in [2.45, 2.75) is 33.2 Å². The highest BCUT2D eigenvalue weighted by atomic mass is 15.2. The Morgan fingerprint density at radius 2 is 1.94 bits per heavy atom. The van der Waals surface area contributed by atoms with E-state index in [1.165, 1.54) is 30.6 Å². The molecule has 0 aliphatic carbocycles. The second-order valence-corrected chi connectivity index (χ2v) is 6.07. The van der Waals surface area contributed by atoms with Crippen LogP contribution in [0.4, 0.5) is 0 Å². The molecule has 1 heterocycles. The summed E-state index contributed by atoms with van der Waals surface area (Å²) in [7, 11) is 0. The van der Waals surface area contributed by atoms with E-state index in [4.69, 9.17) is 5.73 Å². The van der Waals surface area contributed by atoms with Crippen LogP contribution in [0.1, 0.15) is 37.4 Å². The number of aryl methyl sites for hydroxylation is 1. The topological polar surface area (TPSA) is 29.3 Å². The number of piperidine rings is 1. The minimum atomic E-state index is 0.384. The maximum atomic E-state index is 6.03. The smallest absolute Gasteiger partial charge is 0.0470 e. The summed E-state index contributed by atoms with van der Waals surface area (Å²) in [4.78, 5) is 2.58. The quantitative estimate of drug-likeness (QED) is 0.888. The summed E-state index contributed by atoms with van der Waals surface area (Å²) in [6.07, 6.45) is 1.35. The number of nitrogens with two attached hydrogens (primary N) is 1. The van der Waals surface area contributed by atoms with Crippen molar-refractivity contribution < 1.29 is 0 Å². The molecule has 1 aliphatic heterocycles. The first kappa shape index (κ1) is 13.6. The second kappa shape index (κ2) is 5.85. The lowest BCUT2D eigenvalue weighted by atomic mass is 9.89. The first-order chi connectivity index (χ1) is 8.60. The number of hydrogen-bond acceptors (Lipinski definition) is 2. The van der Waals surface area contributed by atoms with Gasteiger partial charge in [-0.3, -0.25) is 4.90 Å². The van der Waals surface area contributed by atoms with E-state index in [0.717, 1.165) is 11.8 Å². The molecule has 0 radical (unpaired) electrons. The molecule has 1 saturated heterocycles. The van der Waals surface area contributed by atoms with E-state index in [1.807, 2.05) is 0 Å². The molecule has 3 atom stereocenters. The van der Waals surface area contributed by atoms with E-state index in [1.54, 1.807) is 0 Å². The molecule has 1 aromatic rings. The van der Waals surface area contributed by atoms with Gasteiger partial charge in [0.25, 0.3) is 0 Å². The monoisotopic (exact) mass is 246 g/mol. The summed E-state index contributed by atoms with van der Waals surface area (Å²) in [5, 5.41) is 0. The fraction of sp³-hybridized carbons (Fsp3) is 0.625. The Balaban J connectivity index is 2.17. The van der Waals surface area contributed by atoms with Crippen molar-refractivity contribution in [1.82, 2.24) is 4.90 Å². The van der Waals surface area contributed by atoms with E-state index in [-0.39, 0.29) is 0 Å². The molecular weight excluding hydrogens is 220 g/mol. The SMILES string of the molecule is Cc1cccc(C(CN)N2CC(C)CC(C)C2)c1. The van der Waals surface area contributed by atoms with Crippen molar-refractivity contribution in [3.8, 4) is 0 Å². The highest BCUT2D eigenvalue weighted by molar-refractivity contribution is 5.25. The Hall–Kier alpha value is -0.860. The summed E-state index contributed by atoms with van der Waals surface area (Å²) in [6.45, 7) is 9.93. The fourth-order valence-corrected chi connectivity index (χ4v) is 3.34. The summed E-state index contributed by atoms with van der Waals surface area (Å²) >= 11 is 0. The molecule has 3 unspecified atom stereocenters. The molecule has 2 heteroatoms. The molecule has 1 fully saturated rings. The van der Waals surface area contributed by atoms with Crippen molar-refractivity contribution in [1.29, 1.82) is 0 Å². The molecule has 0 aromatic heterocycles. The zero-order valence-electron chi connectivity index (χ0n) is 11.9. The van der Waals surface area contributed by atoms with Gasteiger partial charge in [-0.25, -0.2) is 0 Å². The van der Waals surface area contributed by atoms with Gasteiger partial charge in [-0.05, 0) is 30.7 Å². The summed E-state index contributed by atoms with van der Waals surface area (Å²) in [5.41, 5.74) is 8.73. The average Bonchev–Trinajstić information content (AvgIpc) is 2.28. The first-order valence-corrected chi connectivity index (χ1v) is 7.10. The number of rotatable bonds is 3. The number of likely N-dealkylation sites (tertiary alicyclic amines) is 1. The normalized spacial score (nSPS) is 27.1. The summed E-state index contributed by atoms with van der Waals surface area (Å²) in [6, 6.07) is 9.17. The van der Waals surface area contributed by atoms with Gasteiger partial charge in [0.15, 0.2) is 0 Å². The van der Waals surface area contributed by atoms with Crippen LogP contribution >= 0.6 is 0 Å². The van der Waals surface area contributed by atoms with Crippen molar-refractivity contribution in [2.75, 3.05) is 19.6 Å². The number of nitrogens with zero attached hydrogens (tertiary/aromatic N) is 1. The van der Waals surface area contributed by atoms with Gasteiger partial charge < -0.3 is 5.73 Å². The van der Waals surface area contributed by atoms with Gasteiger partial charge in [0.2, 0.25) is 0 Å². The van der Waals surface area contributed by atoms with Crippen LogP contribution in [-0.4, -0.2) is 24.5 Å². The molecule has 0 saturated carbocycles. The summed E-state index contributed by atoms with van der Waals surface area (Å²) in [5.74, 6) is 1.57. The van der Waals surface area contributed by atoms with E-state index >= 15 is 0 Å². The summed E-state index contributed by atoms with van der Waals surface area (Å²) < 4.78 is 0. The van der Waals surface area contributed by atoms with Gasteiger partial charge in [0.1, 0.15) is 0 Å². The lowest BCUT2D eigenvalue weighted by molar-refractivity contribution is 0.0984. The van der Waals surface area contributed by atoms with E-state index in [2.05, 4.69) is 49.9 Å². The Morgan fingerprint density at radius 3 is 2.50 bits per heavy atom. The molecule has 0 amide bonds. The van der Waals surface area contributed by atoms with Crippen molar-refractivity contribution in [2.24, 2.45) is 17.6 Å². The molecule has 100 valence electrons. The number of hydrogen-bond donors (Lipinski definition) is 1. The minimum absolute atomic E-state index is 0.384. The predicted molar refractivity (Wildman–Crippen MR) is 77.5 cm³/mol. The highest BCUT2D eigenvalue weighted by Gasteiger charge is 2.27. The number of benzene rings is 1. The molecule has 0 spiro atoms. The largest absolute Gasteiger partial charge is 0.329 e. The molecule has 1 aliphatic rings. The van der Waals surface area contributed by atoms with Gasteiger partial charge in [0.05, 0.1) is 0 Å². The molecule has 2 N–H and O–H groups in total. The van der Waals surface area contributed by atoms with Gasteiger partial charge in [-0.2, -0.15) is 0 Å². The van der Waals surface area contributed by atoms with Crippen LogP contribution < -0.4 is 5.73 Å². The van der Waals surface area contributed by atoms with Crippen LogP contribution in [0.3, 0.4) is 0 Å². The van der Waals surface area contributed by atoms with Gasteiger partial charge >= 0.3 is 0 Å².